The molecule has 0 aliphatic carbocycles. The molecule has 0 aromatic carbocycles. The van der Waals surface area contributed by atoms with Gasteiger partial charge in [0, 0.05) is 0 Å². The lowest BCUT2D eigenvalue weighted by molar-refractivity contribution is 0.0379. The number of nitrogens with one attached hydrogen (secondary N) is 2. The second-order valence-electron chi connectivity index (χ2n) is 3.54. The third-order valence-electron chi connectivity index (χ3n) is 2.28. The molecular formula is C10H6N4O7. The summed E-state index contributed by atoms with van der Waals surface area (Å²) in [5.74, 6) is -5.65. The molecule has 2 heterocycles. The Hall–Kier alpha value is -3.50. The van der Waals surface area contributed by atoms with E-state index in [0.29, 0.717) is 0 Å². The van der Waals surface area contributed by atoms with Crippen LogP contribution < -0.4 is 0 Å². The summed E-state index contributed by atoms with van der Waals surface area (Å²) < 4.78 is 4.35. The minimum Gasteiger partial charge on any atom is -0.477 e. The molecule has 2 aromatic heterocycles. The number of ether oxygens (including phenoxy) is 1. The maximum Gasteiger partial charge on any atom is 0.367 e. The van der Waals surface area contributed by atoms with E-state index in [1.165, 1.54) is 0 Å². The predicted molar refractivity (Wildman–Crippen MR) is 60.8 cm³/mol. The van der Waals surface area contributed by atoms with Crippen molar-refractivity contribution in [2.75, 3.05) is 0 Å². The molecule has 0 unspecified atom stereocenters. The second-order valence-corrected chi connectivity index (χ2v) is 3.54. The van der Waals surface area contributed by atoms with Crippen molar-refractivity contribution in [1.82, 2.24) is 19.9 Å². The Morgan fingerprint density at radius 2 is 1.24 bits per heavy atom. The number of esters is 2. The number of imidazole rings is 2. The van der Waals surface area contributed by atoms with Gasteiger partial charge in [0.2, 0.25) is 0 Å². The minimum absolute atomic E-state index is 0.562. The Kier molecular flexibility index (Phi) is 3.47. The number of aromatic amines is 2. The van der Waals surface area contributed by atoms with Crippen molar-refractivity contribution in [2.45, 2.75) is 0 Å². The average molecular weight is 294 g/mol. The maximum absolute atomic E-state index is 11.6. The van der Waals surface area contributed by atoms with Gasteiger partial charge in [-0.3, -0.25) is 0 Å². The van der Waals surface area contributed by atoms with Gasteiger partial charge in [-0.2, -0.15) is 0 Å². The number of carboxylic acids is 2. The van der Waals surface area contributed by atoms with Gasteiger partial charge in [-0.15, -0.1) is 0 Å². The summed E-state index contributed by atoms with van der Waals surface area (Å²) in [7, 11) is 0. The summed E-state index contributed by atoms with van der Waals surface area (Å²) >= 11 is 0. The topological polar surface area (TPSA) is 175 Å². The van der Waals surface area contributed by atoms with Crippen LogP contribution >= 0.6 is 0 Å². The lowest BCUT2D eigenvalue weighted by atomic mass is 10.3. The van der Waals surface area contributed by atoms with Crippen molar-refractivity contribution in [1.29, 1.82) is 0 Å². The predicted octanol–water partition coefficient (Wildman–Crippen LogP) is -0.474. The first kappa shape index (κ1) is 13.9. The molecule has 0 bridgehead atoms. The van der Waals surface area contributed by atoms with Gasteiger partial charge in [-0.1, -0.05) is 0 Å². The van der Waals surface area contributed by atoms with E-state index in [4.69, 9.17) is 10.2 Å². The van der Waals surface area contributed by atoms with E-state index in [9.17, 15) is 19.2 Å². The summed E-state index contributed by atoms with van der Waals surface area (Å²) in [6, 6.07) is 0. The number of nitrogens with zero attached hydrogens (tertiary/aromatic N) is 2. The van der Waals surface area contributed by atoms with Crippen LogP contribution in [0.2, 0.25) is 0 Å². The molecule has 0 atom stereocenters. The quantitative estimate of drug-likeness (QED) is 0.428. The van der Waals surface area contributed by atoms with E-state index in [2.05, 4.69) is 24.7 Å². The van der Waals surface area contributed by atoms with Gasteiger partial charge in [-0.25, -0.2) is 29.1 Å². The largest absolute Gasteiger partial charge is 0.477 e. The number of hydrogen-bond acceptors (Lipinski definition) is 7. The van der Waals surface area contributed by atoms with Crippen LogP contribution in [0.15, 0.2) is 12.7 Å². The van der Waals surface area contributed by atoms with Crippen molar-refractivity contribution in [3.63, 3.8) is 0 Å². The third-order valence-corrected chi connectivity index (χ3v) is 2.28. The highest BCUT2D eigenvalue weighted by Gasteiger charge is 2.27. The third kappa shape index (κ3) is 2.60. The Bertz CT molecular complexity index is 682. The zero-order valence-electron chi connectivity index (χ0n) is 9.98. The molecule has 0 saturated heterocycles. The van der Waals surface area contributed by atoms with E-state index in [1.807, 2.05) is 0 Å². The SMILES string of the molecule is O=C(OC(=O)c1nc[nH]c1C(=O)O)c1nc[nH]c1C(=O)O. The van der Waals surface area contributed by atoms with E-state index < -0.39 is 46.7 Å². The van der Waals surface area contributed by atoms with Crippen LogP contribution in [-0.4, -0.2) is 54.0 Å². The number of carbonyl (C=O) groups excluding carboxylic acids is 2. The van der Waals surface area contributed by atoms with Gasteiger partial charge >= 0.3 is 23.9 Å². The molecule has 11 heteroatoms. The number of H-pyrrole nitrogens is 2. The van der Waals surface area contributed by atoms with Gasteiger partial charge in [0.15, 0.2) is 22.8 Å². The normalized spacial score (nSPS) is 10.1. The molecule has 2 rings (SSSR count). The number of aromatic nitrogens is 4. The summed E-state index contributed by atoms with van der Waals surface area (Å²) in [5, 5.41) is 17.6. The molecule has 4 N–H and O–H groups in total. The maximum atomic E-state index is 11.6. The molecule has 11 nitrogen and oxygen atoms in total. The van der Waals surface area contributed by atoms with Crippen LogP contribution in [0.4, 0.5) is 0 Å². The Morgan fingerprint density at radius 3 is 1.57 bits per heavy atom. The fourth-order valence-corrected chi connectivity index (χ4v) is 1.41. The zero-order valence-corrected chi connectivity index (χ0v) is 9.98. The fourth-order valence-electron chi connectivity index (χ4n) is 1.41. The van der Waals surface area contributed by atoms with Crippen LogP contribution in [-0.2, 0) is 4.74 Å². The molecule has 0 amide bonds. The summed E-state index contributed by atoms with van der Waals surface area (Å²) in [5.41, 5.74) is -2.37. The van der Waals surface area contributed by atoms with Crippen LogP contribution in [0.3, 0.4) is 0 Å². The molecule has 0 aliphatic heterocycles. The molecular weight excluding hydrogens is 288 g/mol. The van der Waals surface area contributed by atoms with Crippen molar-refractivity contribution < 1.29 is 34.1 Å². The van der Waals surface area contributed by atoms with Crippen molar-refractivity contribution in [3.05, 3.63) is 35.4 Å². The van der Waals surface area contributed by atoms with Crippen LogP contribution in [0.5, 0.6) is 0 Å². The molecule has 21 heavy (non-hydrogen) atoms. The Morgan fingerprint density at radius 1 is 0.857 bits per heavy atom. The van der Waals surface area contributed by atoms with Crippen molar-refractivity contribution in [2.24, 2.45) is 0 Å². The first-order chi connectivity index (χ1) is 9.91. The van der Waals surface area contributed by atoms with Gasteiger partial charge in [0.05, 0.1) is 12.7 Å². The summed E-state index contributed by atoms with van der Waals surface area (Å²) in [6.07, 6.45) is 1.86. The van der Waals surface area contributed by atoms with Crippen LogP contribution in [0.1, 0.15) is 42.0 Å². The highest BCUT2D eigenvalue weighted by molar-refractivity contribution is 6.08. The zero-order chi connectivity index (χ0) is 15.6. The Balaban J connectivity index is 2.21. The van der Waals surface area contributed by atoms with E-state index in [-0.39, 0.29) is 0 Å². The lowest BCUT2D eigenvalue weighted by Crippen LogP contribution is -2.18. The van der Waals surface area contributed by atoms with Gasteiger partial charge in [0.1, 0.15) is 0 Å². The molecule has 0 fully saturated rings. The van der Waals surface area contributed by atoms with Crippen LogP contribution in [0.25, 0.3) is 0 Å². The number of rotatable bonds is 4. The minimum atomic E-state index is -1.47. The van der Waals surface area contributed by atoms with Gasteiger partial charge in [0.25, 0.3) is 0 Å². The van der Waals surface area contributed by atoms with Crippen molar-refractivity contribution >= 4 is 23.9 Å². The monoisotopic (exact) mass is 294 g/mol. The number of carbonyl (C=O) groups is 4. The van der Waals surface area contributed by atoms with Gasteiger partial charge in [-0.05, 0) is 0 Å². The van der Waals surface area contributed by atoms with E-state index in [0.717, 1.165) is 12.7 Å². The number of carboxylic acid groups (broad SMARTS) is 2. The van der Waals surface area contributed by atoms with E-state index in [1.54, 1.807) is 0 Å². The summed E-state index contributed by atoms with van der Waals surface area (Å²) in [6.45, 7) is 0. The summed E-state index contributed by atoms with van der Waals surface area (Å²) in [4.78, 5) is 56.1. The average Bonchev–Trinajstić information content (AvgIpc) is 3.07. The van der Waals surface area contributed by atoms with Crippen molar-refractivity contribution in [3.8, 4) is 0 Å². The van der Waals surface area contributed by atoms with Crippen LogP contribution in [0, 0.1) is 0 Å². The van der Waals surface area contributed by atoms with E-state index >= 15 is 0 Å². The molecule has 2 aromatic rings. The smallest absolute Gasteiger partial charge is 0.367 e. The molecule has 0 spiro atoms. The number of hydrogen-bond donors (Lipinski definition) is 4. The Labute approximate surface area is 114 Å². The lowest BCUT2D eigenvalue weighted by Gasteiger charge is -2.00. The first-order valence-electron chi connectivity index (χ1n) is 5.21. The fraction of sp³-hybridized carbons (Fsp3) is 0. The first-order valence-corrected chi connectivity index (χ1v) is 5.21. The highest BCUT2D eigenvalue weighted by atomic mass is 16.6. The highest BCUT2D eigenvalue weighted by Crippen LogP contribution is 2.09. The molecule has 0 radical (unpaired) electrons. The second kappa shape index (κ2) is 5.24. The molecule has 0 saturated carbocycles. The van der Waals surface area contributed by atoms with Gasteiger partial charge < -0.3 is 24.9 Å². The molecule has 0 aliphatic rings. The standard InChI is InChI=1S/C10H6N4O7/c15-7(16)3-5(13-1-11-3)9(19)21-10(20)6-4(8(17)18)12-2-14-6/h1-2H,(H,11,13)(H,12,14)(H,15,16)(H,17,18). The molecule has 108 valence electrons. The number of aromatic carboxylic acids is 2.